The molecule has 2 rings (SSSR count). The van der Waals surface area contributed by atoms with Gasteiger partial charge in [-0.1, -0.05) is 11.6 Å². The molecule has 0 bridgehead atoms. The third kappa shape index (κ3) is 5.69. The Morgan fingerprint density at radius 3 is 2.41 bits per heavy atom. The second-order valence-electron chi connectivity index (χ2n) is 5.73. The predicted molar refractivity (Wildman–Crippen MR) is 109 cm³/mol. The molecule has 0 saturated heterocycles. The molecule has 0 spiro atoms. The van der Waals surface area contributed by atoms with Crippen LogP contribution in [0.1, 0.15) is 19.4 Å². The molecule has 0 aliphatic carbocycles. The van der Waals surface area contributed by atoms with E-state index in [9.17, 15) is 4.79 Å². The highest BCUT2D eigenvalue weighted by Crippen LogP contribution is 2.32. The van der Waals surface area contributed by atoms with Crippen molar-refractivity contribution in [1.82, 2.24) is 0 Å². The van der Waals surface area contributed by atoms with Gasteiger partial charge in [0, 0.05) is 22.8 Å². The van der Waals surface area contributed by atoms with Crippen LogP contribution in [-0.2, 0) is 4.79 Å². The highest BCUT2D eigenvalue weighted by molar-refractivity contribution is 6.31. The molecular weight excluding hydrogens is 368 g/mol. The second-order valence-corrected chi connectivity index (χ2v) is 6.14. The number of nitrogens with one attached hydrogen (secondary N) is 2. The van der Waals surface area contributed by atoms with E-state index < -0.39 is 0 Å². The molecule has 0 aromatic heterocycles. The van der Waals surface area contributed by atoms with Crippen molar-refractivity contribution >= 4 is 28.9 Å². The number of benzene rings is 2. The van der Waals surface area contributed by atoms with Gasteiger partial charge < -0.3 is 24.8 Å². The molecule has 0 heterocycles. The fraction of sp³-hybridized carbons (Fsp3) is 0.350. The van der Waals surface area contributed by atoms with Crippen molar-refractivity contribution in [2.24, 2.45) is 0 Å². The Kier molecular flexibility index (Phi) is 7.61. The number of hydrogen-bond acceptors (Lipinski definition) is 5. The van der Waals surface area contributed by atoms with Crippen molar-refractivity contribution < 1.29 is 19.0 Å². The molecule has 2 aromatic carbocycles. The number of methoxy groups -OCH3 is 1. The normalized spacial score (nSPS) is 10.3. The van der Waals surface area contributed by atoms with Gasteiger partial charge in [0.1, 0.15) is 5.75 Å². The Hall–Kier alpha value is -2.60. The zero-order valence-corrected chi connectivity index (χ0v) is 16.8. The van der Waals surface area contributed by atoms with Gasteiger partial charge in [-0.05, 0) is 44.5 Å². The molecule has 2 aromatic rings. The van der Waals surface area contributed by atoms with Crippen molar-refractivity contribution in [3.05, 3.63) is 40.9 Å². The number of carbonyl (C=O) groups is 1. The molecular formula is C20H25ClN2O4. The molecule has 146 valence electrons. The standard InChI is InChI=1S/C20H25ClN2O4/c1-5-26-17-8-7-14(10-19(17)27-6-2)23-20(24)12-22-16-9-13(3)15(21)11-18(16)25-4/h7-11,22H,5-6,12H2,1-4H3,(H,23,24). The number of ether oxygens (including phenoxy) is 3. The van der Waals surface area contributed by atoms with Crippen LogP contribution in [0.2, 0.25) is 5.02 Å². The lowest BCUT2D eigenvalue weighted by Crippen LogP contribution is -2.22. The molecule has 0 unspecified atom stereocenters. The molecule has 0 aliphatic rings. The minimum absolute atomic E-state index is 0.0780. The number of halogens is 1. The van der Waals surface area contributed by atoms with Crippen LogP contribution in [0.15, 0.2) is 30.3 Å². The average Bonchev–Trinajstić information content (AvgIpc) is 2.64. The van der Waals surface area contributed by atoms with E-state index in [-0.39, 0.29) is 12.5 Å². The molecule has 2 N–H and O–H groups in total. The minimum atomic E-state index is -0.198. The highest BCUT2D eigenvalue weighted by atomic mass is 35.5. The van der Waals surface area contributed by atoms with E-state index in [0.717, 1.165) is 5.56 Å². The summed E-state index contributed by atoms with van der Waals surface area (Å²) >= 11 is 6.10. The third-order valence-electron chi connectivity index (χ3n) is 3.75. The Labute approximate surface area is 164 Å². The lowest BCUT2D eigenvalue weighted by Gasteiger charge is -2.14. The molecule has 7 heteroatoms. The van der Waals surface area contributed by atoms with Gasteiger partial charge in [-0.25, -0.2) is 0 Å². The summed E-state index contributed by atoms with van der Waals surface area (Å²) in [5.41, 5.74) is 2.23. The van der Waals surface area contributed by atoms with E-state index >= 15 is 0 Å². The molecule has 0 fully saturated rings. The molecule has 6 nitrogen and oxygen atoms in total. The Morgan fingerprint density at radius 1 is 1.04 bits per heavy atom. The molecule has 0 saturated carbocycles. The maximum absolute atomic E-state index is 12.3. The average molecular weight is 393 g/mol. The van der Waals surface area contributed by atoms with E-state index in [2.05, 4.69) is 10.6 Å². The zero-order chi connectivity index (χ0) is 19.8. The van der Waals surface area contributed by atoms with Crippen LogP contribution in [0.25, 0.3) is 0 Å². The van der Waals surface area contributed by atoms with Crippen LogP contribution in [-0.4, -0.2) is 32.8 Å². The van der Waals surface area contributed by atoms with E-state index in [1.54, 1.807) is 31.4 Å². The summed E-state index contributed by atoms with van der Waals surface area (Å²) in [7, 11) is 1.56. The Bertz CT molecular complexity index is 796. The van der Waals surface area contributed by atoms with Gasteiger partial charge in [0.25, 0.3) is 0 Å². The summed E-state index contributed by atoms with van der Waals surface area (Å²) in [4.78, 5) is 12.3. The van der Waals surface area contributed by atoms with Gasteiger partial charge in [-0.2, -0.15) is 0 Å². The lowest BCUT2D eigenvalue weighted by atomic mass is 10.2. The highest BCUT2D eigenvalue weighted by Gasteiger charge is 2.11. The first kappa shape index (κ1) is 20.7. The maximum Gasteiger partial charge on any atom is 0.243 e. The topological polar surface area (TPSA) is 68.8 Å². The van der Waals surface area contributed by atoms with Crippen LogP contribution in [0.4, 0.5) is 11.4 Å². The van der Waals surface area contributed by atoms with Crippen LogP contribution >= 0.6 is 11.6 Å². The molecule has 0 aliphatic heterocycles. The van der Waals surface area contributed by atoms with Crippen molar-refractivity contribution in [3.8, 4) is 17.2 Å². The maximum atomic E-state index is 12.3. The van der Waals surface area contributed by atoms with E-state index in [1.165, 1.54) is 0 Å². The Morgan fingerprint density at radius 2 is 1.74 bits per heavy atom. The Balaban J connectivity index is 2.04. The van der Waals surface area contributed by atoms with Crippen molar-refractivity contribution in [1.29, 1.82) is 0 Å². The first-order valence-electron chi connectivity index (χ1n) is 8.76. The number of hydrogen-bond donors (Lipinski definition) is 2. The summed E-state index contributed by atoms with van der Waals surface area (Å²) in [6, 6.07) is 8.87. The number of aryl methyl sites for hydroxylation is 1. The minimum Gasteiger partial charge on any atom is -0.495 e. The molecule has 1 amide bonds. The predicted octanol–water partition coefficient (Wildman–Crippen LogP) is 4.51. The van der Waals surface area contributed by atoms with Crippen LogP contribution < -0.4 is 24.8 Å². The van der Waals surface area contributed by atoms with E-state index in [4.69, 9.17) is 25.8 Å². The fourth-order valence-corrected chi connectivity index (χ4v) is 2.63. The number of rotatable bonds is 9. The lowest BCUT2D eigenvalue weighted by molar-refractivity contribution is -0.114. The van der Waals surface area contributed by atoms with Crippen LogP contribution in [0, 0.1) is 6.92 Å². The first-order chi connectivity index (χ1) is 13.0. The summed E-state index contributed by atoms with van der Waals surface area (Å²) in [6.45, 7) is 6.82. The van der Waals surface area contributed by atoms with Gasteiger partial charge in [0.2, 0.25) is 5.91 Å². The SMILES string of the molecule is CCOc1ccc(NC(=O)CNc2cc(C)c(Cl)cc2OC)cc1OCC. The number of amides is 1. The largest absolute Gasteiger partial charge is 0.495 e. The van der Waals surface area contributed by atoms with E-state index in [1.807, 2.05) is 26.8 Å². The second kappa shape index (κ2) is 9.92. The molecule has 0 atom stereocenters. The van der Waals surface area contributed by atoms with Crippen LogP contribution in [0.3, 0.4) is 0 Å². The van der Waals surface area contributed by atoms with Crippen molar-refractivity contribution in [2.45, 2.75) is 20.8 Å². The monoisotopic (exact) mass is 392 g/mol. The summed E-state index contributed by atoms with van der Waals surface area (Å²) in [5.74, 6) is 1.63. The smallest absolute Gasteiger partial charge is 0.243 e. The third-order valence-corrected chi connectivity index (χ3v) is 4.15. The summed E-state index contributed by atoms with van der Waals surface area (Å²) < 4.78 is 16.4. The van der Waals surface area contributed by atoms with Crippen molar-refractivity contribution in [3.63, 3.8) is 0 Å². The van der Waals surface area contributed by atoms with Gasteiger partial charge in [0.05, 0.1) is 32.6 Å². The van der Waals surface area contributed by atoms with Gasteiger partial charge >= 0.3 is 0 Å². The number of carbonyl (C=O) groups excluding carboxylic acids is 1. The first-order valence-corrected chi connectivity index (χ1v) is 9.13. The van der Waals surface area contributed by atoms with Gasteiger partial charge in [-0.3, -0.25) is 4.79 Å². The van der Waals surface area contributed by atoms with E-state index in [0.29, 0.717) is 46.9 Å². The zero-order valence-electron chi connectivity index (χ0n) is 16.0. The fourth-order valence-electron chi connectivity index (χ4n) is 2.48. The molecule has 0 radical (unpaired) electrons. The van der Waals surface area contributed by atoms with Crippen LogP contribution in [0.5, 0.6) is 17.2 Å². The molecule has 27 heavy (non-hydrogen) atoms. The summed E-state index contributed by atoms with van der Waals surface area (Å²) in [5, 5.41) is 6.52. The van der Waals surface area contributed by atoms with Gasteiger partial charge in [-0.15, -0.1) is 0 Å². The quantitative estimate of drug-likeness (QED) is 0.657. The number of anilines is 2. The summed E-state index contributed by atoms with van der Waals surface area (Å²) in [6.07, 6.45) is 0. The van der Waals surface area contributed by atoms with Gasteiger partial charge in [0.15, 0.2) is 11.5 Å². The van der Waals surface area contributed by atoms with Crippen molar-refractivity contribution in [2.75, 3.05) is 37.5 Å².